The zero-order valence-corrected chi connectivity index (χ0v) is 14.0. The molecule has 0 saturated carbocycles. The zero-order valence-electron chi connectivity index (χ0n) is 11.9. The Balaban J connectivity index is 2.23. The van der Waals surface area contributed by atoms with Gasteiger partial charge in [-0.05, 0) is 47.9 Å². The average molecular weight is 390 g/mol. The maximum absolute atomic E-state index is 4.65. The van der Waals surface area contributed by atoms with Crippen molar-refractivity contribution in [1.82, 2.24) is 15.0 Å². The molecule has 106 valence electrons. The van der Waals surface area contributed by atoms with Crippen molar-refractivity contribution in [3.63, 3.8) is 0 Å². The van der Waals surface area contributed by atoms with Gasteiger partial charge in [-0.2, -0.15) is 0 Å². The van der Waals surface area contributed by atoms with E-state index in [9.17, 15) is 0 Å². The number of nitrogens with one attached hydrogen (secondary N) is 1. The van der Waals surface area contributed by atoms with Gasteiger partial charge in [-0.25, -0.2) is 9.97 Å². The molecule has 1 aromatic carbocycles. The first-order chi connectivity index (χ1) is 10.2. The van der Waals surface area contributed by atoms with E-state index in [2.05, 4.69) is 61.9 Å². The summed E-state index contributed by atoms with van der Waals surface area (Å²) in [5.74, 6) is 1.54. The monoisotopic (exact) mass is 390 g/mol. The van der Waals surface area contributed by atoms with Gasteiger partial charge in [0.05, 0.1) is 9.26 Å². The molecule has 0 spiro atoms. The van der Waals surface area contributed by atoms with Crippen molar-refractivity contribution in [2.45, 2.75) is 13.8 Å². The number of pyridine rings is 1. The van der Waals surface area contributed by atoms with Crippen molar-refractivity contribution in [3.05, 3.63) is 45.8 Å². The second-order valence-corrected chi connectivity index (χ2v) is 5.78. The summed E-state index contributed by atoms with van der Waals surface area (Å²) >= 11 is 2.27. The molecule has 0 aliphatic heterocycles. The van der Waals surface area contributed by atoms with E-state index < -0.39 is 0 Å². The lowest BCUT2D eigenvalue weighted by atomic mass is 10.1. The third kappa shape index (κ3) is 2.70. The van der Waals surface area contributed by atoms with Crippen molar-refractivity contribution in [1.29, 1.82) is 0 Å². The molecular weight excluding hydrogens is 375 g/mol. The molecule has 0 atom stereocenters. The van der Waals surface area contributed by atoms with Crippen molar-refractivity contribution < 1.29 is 0 Å². The zero-order chi connectivity index (χ0) is 14.8. The van der Waals surface area contributed by atoms with Crippen molar-refractivity contribution in [3.8, 4) is 11.5 Å². The van der Waals surface area contributed by atoms with Gasteiger partial charge in [-0.3, -0.25) is 4.98 Å². The largest absolute Gasteiger partial charge is 0.369 e. The van der Waals surface area contributed by atoms with Crippen LogP contribution in [0.3, 0.4) is 0 Å². The van der Waals surface area contributed by atoms with Crippen LogP contribution < -0.4 is 5.32 Å². The second-order valence-electron chi connectivity index (χ2n) is 4.71. The van der Waals surface area contributed by atoms with Crippen molar-refractivity contribution >= 4 is 39.2 Å². The summed E-state index contributed by atoms with van der Waals surface area (Å²) in [7, 11) is 0. The van der Waals surface area contributed by atoms with E-state index in [0.717, 1.165) is 38.1 Å². The highest BCUT2D eigenvalue weighted by atomic mass is 127. The first-order valence-corrected chi connectivity index (χ1v) is 7.90. The minimum Gasteiger partial charge on any atom is -0.369 e. The van der Waals surface area contributed by atoms with Crippen LogP contribution in [0.4, 0.5) is 5.82 Å². The van der Waals surface area contributed by atoms with Crippen LogP contribution in [-0.2, 0) is 0 Å². The standard InChI is InChI=1S/C16H15IN4/c1-3-18-15-13(17)10(2)20-16(21-15)14-12-7-5-4-6-11(12)8-9-19-14/h4-9H,3H2,1-2H3,(H,18,20,21). The molecule has 0 radical (unpaired) electrons. The Labute approximate surface area is 137 Å². The van der Waals surface area contributed by atoms with Gasteiger partial charge in [-0.1, -0.05) is 24.3 Å². The molecule has 2 aromatic heterocycles. The van der Waals surface area contributed by atoms with Crippen molar-refractivity contribution in [2.75, 3.05) is 11.9 Å². The van der Waals surface area contributed by atoms with Gasteiger partial charge >= 0.3 is 0 Å². The molecule has 0 fully saturated rings. The summed E-state index contributed by atoms with van der Waals surface area (Å²) in [5.41, 5.74) is 1.79. The lowest BCUT2D eigenvalue weighted by Crippen LogP contribution is -2.06. The smallest absolute Gasteiger partial charge is 0.181 e. The molecular formula is C16H15IN4. The highest BCUT2D eigenvalue weighted by molar-refractivity contribution is 14.1. The predicted molar refractivity (Wildman–Crippen MR) is 94.4 cm³/mol. The third-order valence-corrected chi connectivity index (χ3v) is 4.54. The quantitative estimate of drug-likeness (QED) is 0.686. The Morgan fingerprint density at radius 1 is 1.14 bits per heavy atom. The average Bonchev–Trinajstić information content (AvgIpc) is 2.51. The highest BCUT2D eigenvalue weighted by Gasteiger charge is 2.13. The lowest BCUT2D eigenvalue weighted by Gasteiger charge is -2.11. The Morgan fingerprint density at radius 3 is 2.76 bits per heavy atom. The van der Waals surface area contributed by atoms with Crippen LogP contribution in [0.5, 0.6) is 0 Å². The van der Waals surface area contributed by atoms with E-state index in [1.807, 2.05) is 25.1 Å². The Kier molecular flexibility index (Phi) is 4.01. The molecule has 0 saturated heterocycles. The summed E-state index contributed by atoms with van der Waals surface area (Å²) in [4.78, 5) is 13.8. The summed E-state index contributed by atoms with van der Waals surface area (Å²) < 4.78 is 1.05. The molecule has 1 N–H and O–H groups in total. The SMILES string of the molecule is CCNc1nc(-c2nccc3ccccc23)nc(C)c1I. The van der Waals surface area contributed by atoms with Gasteiger partial charge in [0, 0.05) is 18.1 Å². The van der Waals surface area contributed by atoms with Crippen LogP contribution in [0.25, 0.3) is 22.3 Å². The summed E-state index contributed by atoms with van der Waals surface area (Å²) in [5, 5.41) is 5.51. The highest BCUT2D eigenvalue weighted by Crippen LogP contribution is 2.27. The fraction of sp³-hybridized carbons (Fsp3) is 0.188. The number of rotatable bonds is 3. The Morgan fingerprint density at radius 2 is 1.95 bits per heavy atom. The maximum atomic E-state index is 4.65. The van der Waals surface area contributed by atoms with Crippen LogP contribution >= 0.6 is 22.6 Å². The molecule has 5 heteroatoms. The number of aromatic nitrogens is 3. The molecule has 0 aliphatic rings. The fourth-order valence-corrected chi connectivity index (χ4v) is 2.68. The van der Waals surface area contributed by atoms with Crippen LogP contribution in [0, 0.1) is 10.5 Å². The van der Waals surface area contributed by atoms with Crippen LogP contribution in [0.2, 0.25) is 0 Å². The van der Waals surface area contributed by atoms with Crippen molar-refractivity contribution in [2.24, 2.45) is 0 Å². The number of hydrogen-bond acceptors (Lipinski definition) is 4. The summed E-state index contributed by atoms with van der Waals surface area (Å²) in [6.07, 6.45) is 1.81. The lowest BCUT2D eigenvalue weighted by molar-refractivity contribution is 1.05. The normalized spacial score (nSPS) is 10.8. The molecule has 3 rings (SSSR count). The predicted octanol–water partition coefficient (Wildman–Crippen LogP) is 4.04. The van der Waals surface area contributed by atoms with Gasteiger partial charge in [-0.15, -0.1) is 0 Å². The number of hydrogen-bond donors (Lipinski definition) is 1. The van der Waals surface area contributed by atoms with Gasteiger partial charge < -0.3 is 5.32 Å². The topological polar surface area (TPSA) is 50.7 Å². The molecule has 0 aliphatic carbocycles. The maximum Gasteiger partial charge on any atom is 0.181 e. The summed E-state index contributed by atoms with van der Waals surface area (Å²) in [6, 6.07) is 10.2. The van der Waals surface area contributed by atoms with E-state index in [0.29, 0.717) is 5.82 Å². The van der Waals surface area contributed by atoms with Gasteiger partial charge in [0.2, 0.25) is 0 Å². The first-order valence-electron chi connectivity index (χ1n) is 6.83. The number of halogens is 1. The number of anilines is 1. The molecule has 4 nitrogen and oxygen atoms in total. The molecule has 21 heavy (non-hydrogen) atoms. The number of nitrogens with zero attached hydrogens (tertiary/aromatic N) is 3. The number of benzene rings is 1. The van der Waals surface area contributed by atoms with Crippen LogP contribution in [0.15, 0.2) is 36.5 Å². The van der Waals surface area contributed by atoms with E-state index in [1.165, 1.54) is 0 Å². The van der Waals surface area contributed by atoms with E-state index in [4.69, 9.17) is 0 Å². The van der Waals surface area contributed by atoms with Gasteiger partial charge in [0.25, 0.3) is 0 Å². The second kappa shape index (κ2) is 5.93. The fourth-order valence-electron chi connectivity index (χ4n) is 2.25. The van der Waals surface area contributed by atoms with E-state index in [-0.39, 0.29) is 0 Å². The molecule has 0 amide bonds. The molecule has 0 unspecified atom stereocenters. The van der Waals surface area contributed by atoms with Gasteiger partial charge in [0.1, 0.15) is 11.5 Å². The number of fused-ring (bicyclic) bond motifs is 1. The van der Waals surface area contributed by atoms with Gasteiger partial charge in [0.15, 0.2) is 5.82 Å². The van der Waals surface area contributed by atoms with Crippen LogP contribution in [-0.4, -0.2) is 21.5 Å². The van der Waals surface area contributed by atoms with E-state index >= 15 is 0 Å². The van der Waals surface area contributed by atoms with E-state index in [1.54, 1.807) is 6.20 Å². The Hall–Kier alpha value is -1.76. The Bertz CT molecular complexity index is 796. The third-order valence-electron chi connectivity index (χ3n) is 3.25. The van der Waals surface area contributed by atoms with Crippen LogP contribution in [0.1, 0.15) is 12.6 Å². The molecule has 0 bridgehead atoms. The minimum atomic E-state index is 0.667. The summed E-state index contributed by atoms with van der Waals surface area (Å²) in [6.45, 7) is 4.89. The molecule has 2 heterocycles. The minimum absolute atomic E-state index is 0.667. The molecule has 3 aromatic rings. The number of aryl methyl sites for hydroxylation is 1. The first kappa shape index (κ1) is 14.2.